The molecule has 3 unspecified atom stereocenters. The highest BCUT2D eigenvalue weighted by Crippen LogP contribution is 2.49. The van der Waals surface area contributed by atoms with Gasteiger partial charge in [0.2, 0.25) is 0 Å². The van der Waals surface area contributed by atoms with E-state index >= 15 is 0 Å². The Morgan fingerprint density at radius 3 is 2.52 bits per heavy atom. The summed E-state index contributed by atoms with van der Waals surface area (Å²) in [7, 11) is -2.19. The number of rotatable bonds is 8. The monoisotopic (exact) mass is 449 g/mol. The first kappa shape index (κ1) is 24.0. The summed E-state index contributed by atoms with van der Waals surface area (Å²) in [5.74, 6) is 0. The van der Waals surface area contributed by atoms with Gasteiger partial charge in [-0.3, -0.25) is 9.05 Å². The van der Waals surface area contributed by atoms with Crippen molar-refractivity contribution in [1.29, 1.82) is 0 Å². The van der Waals surface area contributed by atoms with Gasteiger partial charge in [-0.15, -0.1) is 0 Å². The molecular weight excluding hydrogens is 412 g/mol. The molecule has 2 heterocycles. The first-order valence-corrected chi connectivity index (χ1v) is 14.7. The zero-order valence-corrected chi connectivity index (χ0v) is 20.6. The van der Waals surface area contributed by atoms with E-state index in [4.69, 9.17) is 24.3 Å². The Morgan fingerprint density at radius 2 is 2.00 bits per heavy atom. The molecule has 8 atom stereocenters. The predicted molar refractivity (Wildman–Crippen MR) is 121 cm³/mol. The van der Waals surface area contributed by atoms with Crippen LogP contribution >= 0.6 is 7.82 Å². The third-order valence-electron chi connectivity index (χ3n) is 6.19. The number of aliphatic hydroxyl groups excluding tert-OH is 1. The molecule has 2 saturated heterocycles. The van der Waals surface area contributed by atoms with E-state index in [-0.39, 0.29) is 30.6 Å². The average molecular weight is 449 g/mol. The summed E-state index contributed by atoms with van der Waals surface area (Å²) >= 11 is 0. The fraction of sp³-hybridized carbons (Fsp3) is 1.00. The second-order valence-corrected chi connectivity index (χ2v) is 15.7. The maximum atomic E-state index is 12.7. The van der Waals surface area contributed by atoms with Gasteiger partial charge in [-0.25, -0.2) is 4.57 Å². The summed E-state index contributed by atoms with van der Waals surface area (Å²) in [6.07, 6.45) is -3.14. The SMILES string of the molecule is [2H]C[C@H]1O[C@@H](B)[C@@H](O[Si](C)(C)C(C)(C)C)C1OP(=O)(O)OC[C@H]1O[C@@H](BB)CC1O. The Bertz CT molecular complexity index is 628. The third-order valence-corrected chi connectivity index (χ3v) is 11.7. The van der Waals surface area contributed by atoms with Crippen LogP contribution in [0.1, 0.15) is 35.5 Å². The summed E-state index contributed by atoms with van der Waals surface area (Å²) < 4.78 is 49.0. The molecule has 0 bridgehead atoms. The van der Waals surface area contributed by atoms with Crippen LogP contribution in [-0.2, 0) is 27.5 Å². The maximum Gasteiger partial charge on any atom is 0.472 e. The van der Waals surface area contributed by atoms with Gasteiger partial charge in [0, 0.05) is 7.37 Å². The molecule has 2 aliphatic rings. The van der Waals surface area contributed by atoms with Crippen molar-refractivity contribution in [3.05, 3.63) is 0 Å². The van der Waals surface area contributed by atoms with Crippen molar-refractivity contribution < 1.29 is 38.9 Å². The molecule has 166 valence electrons. The minimum atomic E-state index is -4.49. The number of ether oxygens (including phenoxy) is 2. The molecule has 2 fully saturated rings. The summed E-state index contributed by atoms with van der Waals surface area (Å²) in [5, 5.41) is 9.99. The van der Waals surface area contributed by atoms with E-state index in [1.165, 1.54) is 0 Å². The number of phosphoric acid groups is 1. The zero-order valence-electron chi connectivity index (χ0n) is 19.7. The largest absolute Gasteiger partial charge is 0.472 e. The van der Waals surface area contributed by atoms with Crippen molar-refractivity contribution in [1.82, 2.24) is 0 Å². The second kappa shape index (κ2) is 9.47. The third kappa shape index (κ3) is 6.43. The standard InChI is InChI=1S/C16H36B3O8PSi/c1-9-13(14(15(17)24-9)27-29(5,6)16(2,3)4)26-28(21,22)23-8-11-10(20)7-12(19-18)25-11/h9-15,19-20H,7-8,17-18H2,1-6H3,(H,21,22)/t9-,10?,11-,12-,13?,14+,15-/m1/s1/i1D. The molecular formula is C16H36B3O8PSi. The Labute approximate surface area is 179 Å². The van der Waals surface area contributed by atoms with E-state index in [0.717, 1.165) is 7.17 Å². The van der Waals surface area contributed by atoms with Crippen LogP contribution in [0.5, 0.6) is 0 Å². The number of hydrogen-bond acceptors (Lipinski definition) is 7. The first-order valence-electron chi connectivity index (χ1n) is 11.0. The van der Waals surface area contributed by atoms with Gasteiger partial charge in [-0.05, 0) is 31.5 Å². The van der Waals surface area contributed by atoms with Gasteiger partial charge >= 0.3 is 7.82 Å². The molecule has 0 saturated carbocycles. The van der Waals surface area contributed by atoms with Crippen molar-refractivity contribution in [2.24, 2.45) is 0 Å². The lowest BCUT2D eigenvalue weighted by Crippen LogP contribution is -2.49. The molecule has 2 aliphatic heterocycles. The van der Waals surface area contributed by atoms with Crippen LogP contribution in [0.25, 0.3) is 0 Å². The molecule has 29 heavy (non-hydrogen) atoms. The van der Waals surface area contributed by atoms with Gasteiger partial charge in [0.15, 0.2) is 8.32 Å². The van der Waals surface area contributed by atoms with E-state index in [9.17, 15) is 14.6 Å². The molecule has 8 nitrogen and oxygen atoms in total. The topological polar surface area (TPSA) is 104 Å². The zero-order chi connectivity index (χ0) is 22.9. The fourth-order valence-corrected chi connectivity index (χ4v) is 5.62. The lowest BCUT2D eigenvalue weighted by atomic mass is 9.51. The Balaban J connectivity index is 2.06. The molecule has 13 heteroatoms. The van der Waals surface area contributed by atoms with Crippen LogP contribution in [0, 0.1) is 0 Å². The number of phosphoric ester groups is 1. The molecule has 0 aromatic heterocycles. The molecule has 2 N–H and O–H groups in total. The summed E-state index contributed by atoms with van der Waals surface area (Å²) in [4.78, 5) is 10.3. The number of aliphatic hydroxyl groups is 1. The van der Waals surface area contributed by atoms with Crippen LogP contribution in [0.15, 0.2) is 0 Å². The minimum absolute atomic E-state index is 0.0680. The summed E-state index contributed by atoms with van der Waals surface area (Å²) in [6.45, 7) is 10.1. The summed E-state index contributed by atoms with van der Waals surface area (Å²) in [6, 6.07) is -0.475. The van der Waals surface area contributed by atoms with Gasteiger partial charge in [0.25, 0.3) is 0 Å². The lowest BCUT2D eigenvalue weighted by Gasteiger charge is -2.40. The van der Waals surface area contributed by atoms with Crippen LogP contribution in [-0.4, -0.2) is 90.2 Å². The normalized spacial score (nSPS) is 38.6. The molecule has 0 aliphatic carbocycles. The van der Waals surface area contributed by atoms with Gasteiger partial charge in [-0.2, -0.15) is 0 Å². The Hall–Kier alpha value is 0.362. The van der Waals surface area contributed by atoms with E-state index in [0.29, 0.717) is 6.42 Å². The van der Waals surface area contributed by atoms with E-state index in [2.05, 4.69) is 33.9 Å². The molecule has 0 aromatic rings. The van der Waals surface area contributed by atoms with E-state index in [1.54, 1.807) is 0 Å². The first-order chi connectivity index (χ1) is 13.7. The van der Waals surface area contributed by atoms with Crippen molar-refractivity contribution in [2.75, 3.05) is 6.61 Å². The van der Waals surface area contributed by atoms with Gasteiger partial charge in [0.05, 0.1) is 38.7 Å². The molecule has 2 rings (SSSR count). The molecule has 0 radical (unpaired) electrons. The smallest absolute Gasteiger partial charge is 0.409 e. The van der Waals surface area contributed by atoms with Crippen LogP contribution in [0.4, 0.5) is 0 Å². The summed E-state index contributed by atoms with van der Waals surface area (Å²) in [5.41, 5.74) is 0. The number of hydrogen-bond donors (Lipinski definition) is 2. The molecule has 0 spiro atoms. The van der Waals surface area contributed by atoms with Crippen molar-refractivity contribution in [3.63, 3.8) is 0 Å². The van der Waals surface area contributed by atoms with Crippen molar-refractivity contribution in [2.45, 2.75) is 94.8 Å². The van der Waals surface area contributed by atoms with Crippen LogP contribution in [0.2, 0.25) is 18.1 Å². The van der Waals surface area contributed by atoms with Gasteiger partial charge < -0.3 is 23.9 Å². The Morgan fingerprint density at radius 1 is 1.34 bits per heavy atom. The molecule has 0 amide bonds. The second-order valence-electron chi connectivity index (χ2n) is 9.56. The molecule has 0 aromatic carbocycles. The quantitative estimate of drug-likeness (QED) is 0.386. The minimum Gasteiger partial charge on any atom is -0.409 e. The van der Waals surface area contributed by atoms with Crippen molar-refractivity contribution >= 4 is 38.9 Å². The van der Waals surface area contributed by atoms with E-state index in [1.807, 2.05) is 15.6 Å². The highest BCUT2D eigenvalue weighted by atomic mass is 31.2. The predicted octanol–water partition coefficient (Wildman–Crippen LogP) is -0.283. The van der Waals surface area contributed by atoms with Gasteiger partial charge in [-0.1, -0.05) is 20.8 Å². The van der Waals surface area contributed by atoms with Crippen LogP contribution < -0.4 is 0 Å². The highest BCUT2D eigenvalue weighted by molar-refractivity contribution is 7.47. The van der Waals surface area contributed by atoms with Gasteiger partial charge in [0.1, 0.15) is 27.2 Å². The lowest BCUT2D eigenvalue weighted by molar-refractivity contribution is -0.0204. The fourth-order valence-electron chi connectivity index (χ4n) is 3.30. The average Bonchev–Trinajstić information content (AvgIpc) is 3.12. The highest BCUT2D eigenvalue weighted by Gasteiger charge is 2.50. The van der Waals surface area contributed by atoms with Crippen LogP contribution in [0.3, 0.4) is 0 Å². The Kier molecular flexibility index (Phi) is 7.84. The maximum absolute atomic E-state index is 12.7. The van der Waals surface area contributed by atoms with Crippen molar-refractivity contribution in [3.8, 4) is 0 Å². The van der Waals surface area contributed by atoms with E-state index < -0.39 is 46.7 Å².